The van der Waals surface area contributed by atoms with Crippen LogP contribution in [-0.2, 0) is 15.9 Å². The van der Waals surface area contributed by atoms with Gasteiger partial charge in [0.1, 0.15) is 14.7 Å². The Morgan fingerprint density at radius 2 is 1.74 bits per heavy atom. The van der Waals surface area contributed by atoms with Gasteiger partial charge in [-0.2, -0.15) is 0 Å². The molecule has 108 valence electrons. The summed E-state index contributed by atoms with van der Waals surface area (Å²) in [4.78, 5) is 0. The molecule has 5 heteroatoms. The lowest BCUT2D eigenvalue weighted by atomic mass is 10.2. The number of rotatable bonds is 8. The maximum Gasteiger partial charge on any atom is 0.145 e. The highest BCUT2D eigenvalue weighted by atomic mass is 28.3. The Hall–Kier alpha value is -0.723. The number of hydrogen-bond acceptors (Lipinski definition) is 4. The van der Waals surface area contributed by atoms with Crippen molar-refractivity contribution >= 4 is 8.80 Å². The van der Waals surface area contributed by atoms with E-state index in [0.717, 1.165) is 18.9 Å². The van der Waals surface area contributed by atoms with Gasteiger partial charge in [0.05, 0.1) is 5.29 Å². The summed E-state index contributed by atoms with van der Waals surface area (Å²) in [7, 11) is 1.69. The smallest absolute Gasteiger partial charge is 0.145 e. The highest BCUT2D eigenvalue weighted by molar-refractivity contribution is 6.63. The fourth-order valence-electron chi connectivity index (χ4n) is 2.31. The zero-order valence-corrected chi connectivity index (χ0v) is 13.3. The van der Waals surface area contributed by atoms with Gasteiger partial charge in [0, 0.05) is 14.2 Å². The summed E-state index contributed by atoms with van der Waals surface area (Å²) in [5, 5.41) is -0.647. The van der Waals surface area contributed by atoms with Gasteiger partial charge in [0.2, 0.25) is 0 Å². The van der Waals surface area contributed by atoms with Crippen LogP contribution in [0.4, 0.5) is 0 Å². The second kappa shape index (κ2) is 7.77. The number of benzene rings is 1. The summed E-state index contributed by atoms with van der Waals surface area (Å²) in [5.41, 5.74) is 13.8. The molecule has 0 aliphatic rings. The standard InChI is InChI=1S/C14H26N2O2Si/c1-4-14(15,16)19(13(17-2)18-3)11-10-12-8-6-5-7-9-12/h5-9,13,19H,4,10-11,15-16H2,1-3H3. The molecule has 1 atom stereocenters. The summed E-state index contributed by atoms with van der Waals surface area (Å²) < 4.78 is 10.8. The Morgan fingerprint density at radius 1 is 1.16 bits per heavy atom. The molecule has 0 saturated heterocycles. The first-order valence-electron chi connectivity index (χ1n) is 6.72. The van der Waals surface area contributed by atoms with Crippen molar-refractivity contribution in [3.05, 3.63) is 35.9 Å². The largest absolute Gasteiger partial charge is 0.360 e. The third-order valence-electron chi connectivity index (χ3n) is 3.68. The molecular formula is C14H26N2O2Si. The van der Waals surface area contributed by atoms with Gasteiger partial charge in [-0.25, -0.2) is 0 Å². The first-order chi connectivity index (χ1) is 9.05. The van der Waals surface area contributed by atoms with Gasteiger partial charge in [0.15, 0.2) is 0 Å². The molecule has 0 saturated carbocycles. The van der Waals surface area contributed by atoms with Crippen LogP contribution in [-0.4, -0.2) is 34.2 Å². The zero-order valence-electron chi connectivity index (χ0n) is 12.1. The van der Waals surface area contributed by atoms with E-state index in [1.54, 1.807) is 14.2 Å². The molecule has 0 spiro atoms. The Bertz CT molecular complexity index is 356. The average Bonchev–Trinajstić information content (AvgIpc) is 2.44. The molecule has 0 radical (unpaired) electrons. The third-order valence-corrected chi connectivity index (χ3v) is 7.58. The molecule has 4 N–H and O–H groups in total. The normalized spacial score (nSPS) is 13.8. The van der Waals surface area contributed by atoms with Crippen LogP contribution in [0.1, 0.15) is 18.9 Å². The van der Waals surface area contributed by atoms with Crippen molar-refractivity contribution < 1.29 is 9.47 Å². The lowest BCUT2D eigenvalue weighted by molar-refractivity contribution is -0.0497. The van der Waals surface area contributed by atoms with E-state index >= 15 is 0 Å². The van der Waals surface area contributed by atoms with Gasteiger partial charge in [0.25, 0.3) is 0 Å². The molecule has 0 aromatic heterocycles. The van der Waals surface area contributed by atoms with Crippen LogP contribution in [0.3, 0.4) is 0 Å². The van der Waals surface area contributed by atoms with Crippen molar-refractivity contribution in [2.24, 2.45) is 11.5 Å². The van der Waals surface area contributed by atoms with Crippen LogP contribution >= 0.6 is 0 Å². The lowest BCUT2D eigenvalue weighted by Gasteiger charge is -2.35. The number of aryl methyl sites for hydroxylation is 1. The summed E-state index contributed by atoms with van der Waals surface area (Å²) in [6, 6.07) is 11.3. The molecule has 0 heterocycles. The molecule has 0 bridgehead atoms. The molecule has 1 aromatic carbocycles. The van der Waals surface area contributed by atoms with E-state index < -0.39 is 14.1 Å². The predicted octanol–water partition coefficient (Wildman–Crippen LogP) is 1.18. The Balaban J connectivity index is 2.74. The summed E-state index contributed by atoms with van der Waals surface area (Å²) in [6.45, 7) is 2.02. The predicted molar refractivity (Wildman–Crippen MR) is 81.3 cm³/mol. The van der Waals surface area contributed by atoms with Gasteiger partial charge >= 0.3 is 0 Å². The monoisotopic (exact) mass is 282 g/mol. The number of hydrogen-bond donors (Lipinski definition) is 2. The van der Waals surface area contributed by atoms with Crippen molar-refractivity contribution in [2.75, 3.05) is 14.2 Å². The topological polar surface area (TPSA) is 70.5 Å². The summed E-state index contributed by atoms with van der Waals surface area (Å²) in [6.07, 6.45) is 1.71. The molecule has 19 heavy (non-hydrogen) atoms. The molecule has 1 unspecified atom stereocenters. The Labute approximate surface area is 117 Å². The molecule has 1 aromatic rings. The maximum atomic E-state index is 6.26. The third kappa shape index (κ3) is 4.70. The highest BCUT2D eigenvalue weighted by Crippen LogP contribution is 2.17. The van der Waals surface area contributed by atoms with E-state index in [4.69, 9.17) is 20.9 Å². The van der Waals surface area contributed by atoms with Gasteiger partial charge in [-0.3, -0.25) is 0 Å². The summed E-state index contributed by atoms with van der Waals surface area (Å²) in [5.74, 6) is -0.237. The van der Waals surface area contributed by atoms with Crippen molar-refractivity contribution in [1.29, 1.82) is 0 Å². The van der Waals surface area contributed by atoms with Crippen LogP contribution in [0.5, 0.6) is 0 Å². The minimum atomic E-state index is -1.62. The first kappa shape index (κ1) is 16.3. The second-order valence-electron chi connectivity index (χ2n) is 4.94. The quantitative estimate of drug-likeness (QED) is 0.555. The van der Waals surface area contributed by atoms with Gasteiger partial charge in [-0.15, -0.1) is 0 Å². The van der Waals surface area contributed by atoms with E-state index in [2.05, 4.69) is 12.1 Å². The summed E-state index contributed by atoms with van der Waals surface area (Å²) >= 11 is 0. The van der Waals surface area contributed by atoms with Crippen molar-refractivity contribution in [3.63, 3.8) is 0 Å². The number of ether oxygens (including phenoxy) is 2. The zero-order chi connectivity index (χ0) is 14.3. The number of methoxy groups -OCH3 is 2. The molecule has 1 rings (SSSR count). The van der Waals surface area contributed by atoms with Gasteiger partial charge < -0.3 is 20.9 Å². The van der Waals surface area contributed by atoms with Crippen molar-refractivity contribution in [1.82, 2.24) is 0 Å². The van der Waals surface area contributed by atoms with Crippen LogP contribution < -0.4 is 11.5 Å². The van der Waals surface area contributed by atoms with Gasteiger partial charge in [-0.05, 0) is 24.4 Å². The highest BCUT2D eigenvalue weighted by Gasteiger charge is 2.37. The minimum absolute atomic E-state index is 0.237. The van der Waals surface area contributed by atoms with Gasteiger partial charge in [-0.1, -0.05) is 37.3 Å². The Morgan fingerprint density at radius 3 is 2.21 bits per heavy atom. The van der Waals surface area contributed by atoms with Crippen LogP contribution in [0, 0.1) is 0 Å². The SMILES string of the molecule is CCC(N)(N)[SiH](CCc1ccccc1)C(OC)OC. The molecular weight excluding hydrogens is 256 g/mol. The van der Waals surface area contributed by atoms with E-state index in [1.165, 1.54) is 5.56 Å². The molecule has 4 nitrogen and oxygen atoms in total. The molecule has 0 aliphatic carbocycles. The van der Waals surface area contributed by atoms with E-state index in [1.807, 2.05) is 25.1 Å². The Kier molecular flexibility index (Phi) is 6.68. The van der Waals surface area contributed by atoms with Crippen molar-refractivity contribution in [2.45, 2.75) is 37.0 Å². The van der Waals surface area contributed by atoms with E-state index in [9.17, 15) is 0 Å². The fourth-order valence-corrected chi connectivity index (χ4v) is 5.45. The lowest BCUT2D eigenvalue weighted by Crippen LogP contribution is -2.66. The molecule has 0 amide bonds. The fraction of sp³-hybridized carbons (Fsp3) is 0.571. The van der Waals surface area contributed by atoms with Crippen LogP contribution in [0.25, 0.3) is 0 Å². The second-order valence-corrected chi connectivity index (χ2v) is 8.35. The van der Waals surface area contributed by atoms with Crippen LogP contribution in [0.2, 0.25) is 6.04 Å². The van der Waals surface area contributed by atoms with Crippen LogP contribution in [0.15, 0.2) is 30.3 Å². The van der Waals surface area contributed by atoms with E-state index in [0.29, 0.717) is 0 Å². The molecule has 0 aliphatic heterocycles. The van der Waals surface area contributed by atoms with E-state index in [-0.39, 0.29) is 5.91 Å². The minimum Gasteiger partial charge on any atom is -0.360 e. The maximum absolute atomic E-state index is 6.26. The average molecular weight is 282 g/mol. The molecule has 0 fully saturated rings. The first-order valence-corrected chi connectivity index (χ1v) is 8.78. The number of nitrogens with two attached hydrogens (primary N) is 2. The van der Waals surface area contributed by atoms with Crippen molar-refractivity contribution in [3.8, 4) is 0 Å².